The Morgan fingerprint density at radius 1 is 1.06 bits per heavy atom. The van der Waals surface area contributed by atoms with Gasteiger partial charge in [-0.25, -0.2) is 0 Å². The molecule has 88 valence electrons. The highest BCUT2D eigenvalue weighted by molar-refractivity contribution is 5.92. The van der Waals surface area contributed by atoms with Crippen LogP contribution < -0.4 is 0 Å². The lowest BCUT2D eigenvalue weighted by atomic mass is 9.96. The zero-order valence-corrected chi connectivity index (χ0v) is 10.5. The van der Waals surface area contributed by atoms with Gasteiger partial charge in [0.15, 0.2) is 5.78 Å². The molecule has 0 aliphatic rings. The predicted molar refractivity (Wildman–Crippen MR) is 71.1 cm³/mol. The molecule has 0 heterocycles. The average Bonchev–Trinajstić information content (AvgIpc) is 2.28. The van der Waals surface area contributed by atoms with E-state index in [1.807, 2.05) is 43.3 Å². The molecule has 0 N–H and O–H groups in total. The molecule has 0 saturated heterocycles. The molecule has 1 atom stereocenters. The second kappa shape index (κ2) is 4.68. The number of nitrogens with zero attached hydrogens (tertiary/aromatic N) is 1. The van der Waals surface area contributed by atoms with E-state index in [1.165, 1.54) is 5.39 Å². The summed E-state index contributed by atoms with van der Waals surface area (Å²) in [5.41, 5.74) is 1.08. The average molecular weight is 227 g/mol. The maximum Gasteiger partial charge on any atom is 0.151 e. The van der Waals surface area contributed by atoms with Crippen LogP contribution in [0.25, 0.3) is 10.8 Å². The van der Waals surface area contributed by atoms with Crippen molar-refractivity contribution in [2.75, 3.05) is 14.1 Å². The first-order chi connectivity index (χ1) is 8.11. The number of fused-ring (bicyclic) bond motifs is 1. The highest BCUT2D eigenvalue weighted by Gasteiger charge is 2.20. The summed E-state index contributed by atoms with van der Waals surface area (Å²) in [6.45, 7) is 1.65. The molecule has 0 spiro atoms. The van der Waals surface area contributed by atoms with Crippen molar-refractivity contribution < 1.29 is 4.79 Å². The molecule has 0 aromatic heterocycles. The van der Waals surface area contributed by atoms with Crippen molar-refractivity contribution in [2.45, 2.75) is 13.0 Å². The van der Waals surface area contributed by atoms with Crippen LogP contribution in [-0.4, -0.2) is 24.8 Å². The molecule has 2 aromatic rings. The van der Waals surface area contributed by atoms with Crippen molar-refractivity contribution in [1.82, 2.24) is 4.90 Å². The maximum atomic E-state index is 11.8. The van der Waals surface area contributed by atoms with Gasteiger partial charge in [-0.1, -0.05) is 42.5 Å². The van der Waals surface area contributed by atoms with Crippen LogP contribution in [0.15, 0.2) is 42.5 Å². The van der Waals surface area contributed by atoms with Gasteiger partial charge in [-0.2, -0.15) is 0 Å². The van der Waals surface area contributed by atoms with Gasteiger partial charge in [0.2, 0.25) is 0 Å². The van der Waals surface area contributed by atoms with E-state index in [0.29, 0.717) is 0 Å². The number of ketones is 1. The molecule has 0 saturated carbocycles. The SMILES string of the molecule is CC(=O)C(c1cccc2ccccc12)N(C)C. The van der Waals surface area contributed by atoms with Crippen molar-refractivity contribution in [3.8, 4) is 0 Å². The third-order valence-corrected chi connectivity index (χ3v) is 3.02. The highest BCUT2D eigenvalue weighted by atomic mass is 16.1. The van der Waals surface area contributed by atoms with Gasteiger partial charge in [0.1, 0.15) is 0 Å². The molecule has 0 aliphatic heterocycles. The van der Waals surface area contributed by atoms with Crippen LogP contribution in [0.2, 0.25) is 0 Å². The molecule has 1 unspecified atom stereocenters. The first-order valence-electron chi connectivity index (χ1n) is 5.76. The molecule has 2 rings (SSSR count). The van der Waals surface area contributed by atoms with Crippen molar-refractivity contribution in [3.63, 3.8) is 0 Å². The lowest BCUT2D eigenvalue weighted by Gasteiger charge is -2.23. The number of hydrogen-bond donors (Lipinski definition) is 0. The number of likely N-dealkylation sites (N-methyl/N-ethyl adjacent to an activating group) is 1. The quantitative estimate of drug-likeness (QED) is 0.803. The Morgan fingerprint density at radius 3 is 2.35 bits per heavy atom. The molecular weight excluding hydrogens is 210 g/mol. The first-order valence-corrected chi connectivity index (χ1v) is 5.76. The summed E-state index contributed by atoms with van der Waals surface area (Å²) in [5, 5.41) is 2.34. The van der Waals surface area contributed by atoms with E-state index < -0.39 is 0 Å². The fourth-order valence-corrected chi connectivity index (χ4v) is 2.35. The second-order valence-electron chi connectivity index (χ2n) is 4.55. The molecule has 17 heavy (non-hydrogen) atoms. The molecule has 0 amide bonds. The van der Waals surface area contributed by atoms with Gasteiger partial charge < -0.3 is 0 Å². The van der Waals surface area contributed by atoms with Crippen LogP contribution in [-0.2, 0) is 4.79 Å². The van der Waals surface area contributed by atoms with Crippen molar-refractivity contribution in [2.24, 2.45) is 0 Å². The van der Waals surface area contributed by atoms with E-state index in [0.717, 1.165) is 10.9 Å². The molecule has 2 aromatic carbocycles. The number of hydrogen-bond acceptors (Lipinski definition) is 2. The Labute approximate surface area is 102 Å². The zero-order valence-electron chi connectivity index (χ0n) is 10.5. The van der Waals surface area contributed by atoms with Gasteiger partial charge in [0, 0.05) is 0 Å². The van der Waals surface area contributed by atoms with Crippen molar-refractivity contribution >= 4 is 16.6 Å². The number of rotatable bonds is 3. The number of carbonyl (C=O) groups is 1. The Balaban J connectivity index is 2.65. The lowest BCUT2D eigenvalue weighted by Crippen LogP contribution is -2.26. The zero-order chi connectivity index (χ0) is 12.4. The second-order valence-corrected chi connectivity index (χ2v) is 4.55. The van der Waals surface area contributed by atoms with Crippen LogP contribution in [0.4, 0.5) is 0 Å². The third kappa shape index (κ3) is 2.22. The summed E-state index contributed by atoms with van der Waals surface area (Å²) in [5.74, 6) is 0.173. The van der Waals surface area contributed by atoms with E-state index >= 15 is 0 Å². The van der Waals surface area contributed by atoms with E-state index in [4.69, 9.17) is 0 Å². The Hall–Kier alpha value is -1.67. The van der Waals surface area contributed by atoms with E-state index in [9.17, 15) is 4.79 Å². The Morgan fingerprint density at radius 2 is 1.71 bits per heavy atom. The highest BCUT2D eigenvalue weighted by Crippen LogP contribution is 2.27. The fourth-order valence-electron chi connectivity index (χ4n) is 2.35. The molecular formula is C15H17NO. The van der Waals surface area contributed by atoms with Gasteiger partial charge in [0.05, 0.1) is 6.04 Å². The standard InChI is InChI=1S/C15H17NO/c1-11(17)15(16(2)3)14-10-6-8-12-7-4-5-9-13(12)14/h4-10,15H,1-3H3. The summed E-state index contributed by atoms with van der Waals surface area (Å²) >= 11 is 0. The molecule has 0 bridgehead atoms. The predicted octanol–water partition coefficient (Wildman–Crippen LogP) is 3.03. The van der Waals surface area contributed by atoms with E-state index in [-0.39, 0.29) is 11.8 Å². The van der Waals surface area contributed by atoms with E-state index in [1.54, 1.807) is 6.92 Å². The van der Waals surface area contributed by atoms with Gasteiger partial charge in [0.25, 0.3) is 0 Å². The molecule has 2 nitrogen and oxygen atoms in total. The van der Waals surface area contributed by atoms with Crippen LogP contribution in [0.3, 0.4) is 0 Å². The lowest BCUT2D eigenvalue weighted by molar-refractivity contribution is -0.121. The van der Waals surface area contributed by atoms with Crippen molar-refractivity contribution in [3.05, 3.63) is 48.0 Å². The van der Waals surface area contributed by atoms with Gasteiger partial charge in [-0.15, -0.1) is 0 Å². The largest absolute Gasteiger partial charge is 0.298 e. The van der Waals surface area contributed by atoms with Crippen LogP contribution in [0, 0.1) is 0 Å². The minimum atomic E-state index is -0.166. The normalized spacial score (nSPS) is 12.9. The summed E-state index contributed by atoms with van der Waals surface area (Å²) in [6.07, 6.45) is 0. The molecule has 0 aliphatic carbocycles. The number of carbonyl (C=O) groups excluding carboxylic acids is 1. The van der Waals surface area contributed by atoms with Gasteiger partial charge in [-0.05, 0) is 37.4 Å². The Bertz CT molecular complexity index is 540. The third-order valence-electron chi connectivity index (χ3n) is 3.02. The van der Waals surface area contributed by atoms with Crippen LogP contribution in [0.5, 0.6) is 0 Å². The summed E-state index contributed by atoms with van der Waals surface area (Å²) in [6, 6.07) is 14.1. The van der Waals surface area contributed by atoms with E-state index in [2.05, 4.69) is 18.2 Å². The number of benzene rings is 2. The van der Waals surface area contributed by atoms with Gasteiger partial charge in [-0.3, -0.25) is 9.69 Å². The maximum absolute atomic E-state index is 11.8. The van der Waals surface area contributed by atoms with Crippen LogP contribution >= 0.6 is 0 Å². The molecule has 0 fully saturated rings. The summed E-state index contributed by atoms with van der Waals surface area (Å²) in [4.78, 5) is 13.8. The monoisotopic (exact) mass is 227 g/mol. The van der Waals surface area contributed by atoms with Crippen molar-refractivity contribution in [1.29, 1.82) is 0 Å². The smallest absolute Gasteiger partial charge is 0.151 e. The minimum Gasteiger partial charge on any atom is -0.298 e. The Kier molecular flexibility index (Phi) is 3.25. The summed E-state index contributed by atoms with van der Waals surface area (Å²) in [7, 11) is 3.88. The molecule has 0 radical (unpaired) electrons. The first kappa shape index (κ1) is 11.8. The summed E-state index contributed by atoms with van der Waals surface area (Å²) < 4.78 is 0. The van der Waals surface area contributed by atoms with Crippen LogP contribution in [0.1, 0.15) is 18.5 Å². The topological polar surface area (TPSA) is 20.3 Å². The van der Waals surface area contributed by atoms with Gasteiger partial charge >= 0.3 is 0 Å². The fraction of sp³-hybridized carbons (Fsp3) is 0.267. The molecule has 2 heteroatoms. The number of Topliss-reactive ketones (excluding diaryl/α,β-unsaturated/α-hetero) is 1. The minimum absolute atomic E-state index is 0.166.